The molecule has 0 aliphatic rings. The SMILES string of the molecule is COc1cc(C(=O)O)ccc1OC[C@H](O)CO. The first-order chi connectivity index (χ1) is 8.08. The van der Waals surface area contributed by atoms with Gasteiger partial charge in [0.2, 0.25) is 0 Å². The molecule has 17 heavy (non-hydrogen) atoms. The van der Waals surface area contributed by atoms with Gasteiger partial charge in [0.25, 0.3) is 0 Å². The highest BCUT2D eigenvalue weighted by atomic mass is 16.5. The number of aliphatic hydroxyl groups excluding tert-OH is 2. The highest BCUT2D eigenvalue weighted by Gasteiger charge is 2.11. The summed E-state index contributed by atoms with van der Waals surface area (Å²) < 4.78 is 10.2. The molecular formula is C11H14O6. The number of methoxy groups -OCH3 is 1. The normalized spacial score (nSPS) is 11.9. The van der Waals surface area contributed by atoms with Crippen LogP contribution in [0.25, 0.3) is 0 Å². The smallest absolute Gasteiger partial charge is 0.335 e. The lowest BCUT2D eigenvalue weighted by Gasteiger charge is -2.13. The Morgan fingerprint density at radius 2 is 2.12 bits per heavy atom. The van der Waals surface area contributed by atoms with Crippen molar-refractivity contribution in [1.82, 2.24) is 0 Å². The predicted octanol–water partition coefficient (Wildman–Crippen LogP) is 0.125. The summed E-state index contributed by atoms with van der Waals surface area (Å²) in [6.45, 7) is -0.505. The second-order valence-corrected chi connectivity index (χ2v) is 3.32. The Labute approximate surface area is 98.0 Å². The summed E-state index contributed by atoms with van der Waals surface area (Å²) in [4.78, 5) is 10.7. The van der Waals surface area contributed by atoms with E-state index in [1.54, 1.807) is 0 Å². The van der Waals surface area contributed by atoms with E-state index in [1.165, 1.54) is 25.3 Å². The predicted molar refractivity (Wildman–Crippen MR) is 58.5 cm³/mol. The second-order valence-electron chi connectivity index (χ2n) is 3.32. The molecule has 0 spiro atoms. The van der Waals surface area contributed by atoms with E-state index in [9.17, 15) is 4.79 Å². The van der Waals surface area contributed by atoms with Gasteiger partial charge in [-0.15, -0.1) is 0 Å². The Morgan fingerprint density at radius 1 is 1.41 bits per heavy atom. The molecule has 0 heterocycles. The number of hydrogen-bond acceptors (Lipinski definition) is 5. The van der Waals surface area contributed by atoms with Crippen LogP contribution in [-0.2, 0) is 0 Å². The number of aromatic carboxylic acids is 1. The highest BCUT2D eigenvalue weighted by molar-refractivity contribution is 5.88. The Balaban J connectivity index is 2.82. The van der Waals surface area contributed by atoms with Crippen LogP contribution >= 0.6 is 0 Å². The molecule has 1 aromatic carbocycles. The van der Waals surface area contributed by atoms with E-state index in [0.717, 1.165) is 0 Å². The number of aliphatic hydroxyl groups is 2. The van der Waals surface area contributed by atoms with Crippen LogP contribution in [0.4, 0.5) is 0 Å². The molecule has 0 aromatic heterocycles. The van der Waals surface area contributed by atoms with Gasteiger partial charge in [-0.3, -0.25) is 0 Å². The summed E-state index contributed by atoms with van der Waals surface area (Å²) >= 11 is 0. The molecule has 0 amide bonds. The Hall–Kier alpha value is -1.79. The lowest BCUT2D eigenvalue weighted by atomic mass is 10.2. The molecule has 1 atom stereocenters. The van der Waals surface area contributed by atoms with Crippen molar-refractivity contribution in [2.45, 2.75) is 6.10 Å². The fourth-order valence-electron chi connectivity index (χ4n) is 1.16. The van der Waals surface area contributed by atoms with Gasteiger partial charge < -0.3 is 24.8 Å². The number of benzene rings is 1. The van der Waals surface area contributed by atoms with Crippen molar-refractivity contribution in [2.24, 2.45) is 0 Å². The Morgan fingerprint density at radius 3 is 2.65 bits per heavy atom. The molecule has 0 saturated carbocycles. The van der Waals surface area contributed by atoms with Crippen molar-refractivity contribution < 1.29 is 29.6 Å². The maximum atomic E-state index is 10.7. The molecule has 1 rings (SSSR count). The fourth-order valence-corrected chi connectivity index (χ4v) is 1.16. The Bertz CT molecular complexity index is 390. The molecule has 3 N–H and O–H groups in total. The summed E-state index contributed by atoms with van der Waals surface area (Å²) in [5.74, 6) is -0.495. The summed E-state index contributed by atoms with van der Waals surface area (Å²) in [6.07, 6.45) is -0.987. The molecule has 94 valence electrons. The van der Waals surface area contributed by atoms with Crippen molar-refractivity contribution in [2.75, 3.05) is 20.3 Å². The minimum absolute atomic E-state index is 0.0805. The van der Waals surface area contributed by atoms with E-state index in [-0.39, 0.29) is 17.9 Å². The van der Waals surface area contributed by atoms with E-state index in [2.05, 4.69) is 0 Å². The van der Waals surface area contributed by atoms with E-state index < -0.39 is 18.7 Å². The second kappa shape index (κ2) is 6.07. The van der Waals surface area contributed by atoms with Gasteiger partial charge in [-0.2, -0.15) is 0 Å². The van der Waals surface area contributed by atoms with Crippen molar-refractivity contribution in [3.05, 3.63) is 23.8 Å². The summed E-state index contributed by atoms with van der Waals surface area (Å²) in [7, 11) is 1.39. The van der Waals surface area contributed by atoms with Crippen LogP contribution in [0.5, 0.6) is 11.5 Å². The van der Waals surface area contributed by atoms with Crippen molar-refractivity contribution in [3.63, 3.8) is 0 Å². The minimum Gasteiger partial charge on any atom is -0.493 e. The average Bonchev–Trinajstić information content (AvgIpc) is 2.35. The third kappa shape index (κ3) is 3.61. The van der Waals surface area contributed by atoms with Gasteiger partial charge in [-0.1, -0.05) is 0 Å². The lowest BCUT2D eigenvalue weighted by Crippen LogP contribution is -2.21. The van der Waals surface area contributed by atoms with Crippen LogP contribution in [0.2, 0.25) is 0 Å². The summed E-state index contributed by atoms with van der Waals surface area (Å²) in [5, 5.41) is 26.5. The average molecular weight is 242 g/mol. The molecule has 1 aromatic rings. The highest BCUT2D eigenvalue weighted by Crippen LogP contribution is 2.28. The first-order valence-electron chi connectivity index (χ1n) is 4.91. The van der Waals surface area contributed by atoms with Crippen molar-refractivity contribution in [1.29, 1.82) is 0 Å². The van der Waals surface area contributed by atoms with Crippen LogP contribution in [0.15, 0.2) is 18.2 Å². The zero-order valence-corrected chi connectivity index (χ0v) is 9.29. The molecule has 6 heteroatoms. The van der Waals surface area contributed by atoms with Crippen molar-refractivity contribution in [3.8, 4) is 11.5 Å². The van der Waals surface area contributed by atoms with E-state index in [1.807, 2.05) is 0 Å². The van der Waals surface area contributed by atoms with E-state index in [4.69, 9.17) is 24.8 Å². The topological polar surface area (TPSA) is 96.2 Å². The van der Waals surface area contributed by atoms with Gasteiger partial charge in [-0.25, -0.2) is 4.79 Å². The summed E-state index contributed by atoms with van der Waals surface area (Å²) in [5.41, 5.74) is 0.0805. The number of carbonyl (C=O) groups is 1. The van der Waals surface area contributed by atoms with Crippen LogP contribution in [0.3, 0.4) is 0 Å². The first-order valence-corrected chi connectivity index (χ1v) is 4.91. The van der Waals surface area contributed by atoms with Crippen LogP contribution in [-0.4, -0.2) is 47.7 Å². The lowest BCUT2D eigenvalue weighted by molar-refractivity contribution is 0.0527. The summed E-state index contributed by atoms with van der Waals surface area (Å²) in [6, 6.07) is 4.13. The van der Waals surface area contributed by atoms with Gasteiger partial charge in [0.15, 0.2) is 11.5 Å². The van der Waals surface area contributed by atoms with E-state index >= 15 is 0 Å². The van der Waals surface area contributed by atoms with Gasteiger partial charge in [0.05, 0.1) is 19.3 Å². The minimum atomic E-state index is -1.06. The molecule has 0 aliphatic carbocycles. The monoisotopic (exact) mass is 242 g/mol. The third-order valence-corrected chi connectivity index (χ3v) is 2.05. The molecular weight excluding hydrogens is 228 g/mol. The zero-order chi connectivity index (χ0) is 12.8. The van der Waals surface area contributed by atoms with Gasteiger partial charge in [0, 0.05) is 0 Å². The number of hydrogen-bond donors (Lipinski definition) is 3. The number of ether oxygens (including phenoxy) is 2. The maximum absolute atomic E-state index is 10.7. The quantitative estimate of drug-likeness (QED) is 0.656. The maximum Gasteiger partial charge on any atom is 0.335 e. The number of rotatable bonds is 6. The van der Waals surface area contributed by atoms with Crippen molar-refractivity contribution >= 4 is 5.97 Å². The van der Waals surface area contributed by atoms with Gasteiger partial charge in [-0.05, 0) is 18.2 Å². The molecule has 0 unspecified atom stereocenters. The molecule has 0 fully saturated rings. The number of carboxylic acids is 1. The molecule has 0 saturated heterocycles. The van der Waals surface area contributed by atoms with Crippen LogP contribution in [0.1, 0.15) is 10.4 Å². The molecule has 0 aliphatic heterocycles. The molecule has 6 nitrogen and oxygen atoms in total. The first kappa shape index (κ1) is 13.3. The molecule has 0 bridgehead atoms. The Kier molecular flexibility index (Phi) is 4.74. The van der Waals surface area contributed by atoms with Gasteiger partial charge >= 0.3 is 5.97 Å². The standard InChI is InChI=1S/C11H14O6/c1-16-10-4-7(11(14)15)2-3-9(10)17-6-8(13)5-12/h2-4,8,12-13H,5-6H2,1H3,(H,14,15)/t8-/m1/s1. The van der Waals surface area contributed by atoms with E-state index in [0.29, 0.717) is 5.75 Å². The third-order valence-electron chi connectivity index (χ3n) is 2.05. The zero-order valence-electron chi connectivity index (χ0n) is 9.29. The largest absolute Gasteiger partial charge is 0.493 e. The fraction of sp³-hybridized carbons (Fsp3) is 0.364. The molecule has 0 radical (unpaired) electrons. The van der Waals surface area contributed by atoms with Gasteiger partial charge in [0.1, 0.15) is 12.7 Å². The van der Waals surface area contributed by atoms with Crippen LogP contribution < -0.4 is 9.47 Å². The number of carboxylic acid groups (broad SMARTS) is 1. The van der Waals surface area contributed by atoms with Crippen LogP contribution in [0, 0.1) is 0 Å².